The molecule has 1 atom stereocenters. The highest BCUT2D eigenvalue weighted by atomic mass is 16.5. The smallest absolute Gasteiger partial charge is 0.146 e. The number of ether oxygens (including phenoxy) is 1. The van der Waals surface area contributed by atoms with Crippen LogP contribution in [-0.2, 0) is 16.8 Å². The van der Waals surface area contributed by atoms with Crippen LogP contribution in [0.3, 0.4) is 0 Å². The van der Waals surface area contributed by atoms with Gasteiger partial charge in [-0.15, -0.1) is 0 Å². The molecule has 0 saturated heterocycles. The fourth-order valence-electron chi connectivity index (χ4n) is 2.91. The largest absolute Gasteiger partial charge is 0.495 e. The summed E-state index contributed by atoms with van der Waals surface area (Å²) in [6.07, 6.45) is 6.99. The van der Waals surface area contributed by atoms with Crippen LogP contribution in [0.4, 0.5) is 0 Å². The molecule has 0 saturated carbocycles. The Morgan fingerprint density at radius 2 is 2.06 bits per heavy atom. The molecular weight excluding hydrogens is 212 g/mol. The van der Waals surface area contributed by atoms with Gasteiger partial charge in [-0.05, 0) is 49.3 Å². The van der Waals surface area contributed by atoms with Crippen molar-refractivity contribution in [2.24, 2.45) is 0 Å². The fraction of sp³-hybridized carbons (Fsp3) is 0.467. The summed E-state index contributed by atoms with van der Waals surface area (Å²) in [5.74, 6) is 0.774. The maximum atomic E-state index is 11.0. The van der Waals surface area contributed by atoms with Gasteiger partial charge in [-0.2, -0.15) is 0 Å². The molecule has 0 radical (unpaired) electrons. The molecule has 90 valence electrons. The maximum absolute atomic E-state index is 11.0. The third-order valence-corrected chi connectivity index (χ3v) is 3.79. The van der Waals surface area contributed by atoms with Crippen molar-refractivity contribution in [3.05, 3.63) is 47.2 Å². The molecule has 1 unspecified atom stereocenters. The number of benzene rings is 1. The van der Waals surface area contributed by atoms with Gasteiger partial charge in [0, 0.05) is 0 Å². The van der Waals surface area contributed by atoms with E-state index < -0.39 is 5.60 Å². The van der Waals surface area contributed by atoms with Crippen molar-refractivity contribution in [1.29, 1.82) is 0 Å². The van der Waals surface area contributed by atoms with Gasteiger partial charge in [-0.25, -0.2) is 0 Å². The summed E-state index contributed by atoms with van der Waals surface area (Å²) < 4.78 is 5.69. The van der Waals surface area contributed by atoms with Gasteiger partial charge in [-0.3, -0.25) is 0 Å². The average Bonchev–Trinajstić information content (AvgIpc) is 2.40. The quantitative estimate of drug-likeness (QED) is 0.803. The van der Waals surface area contributed by atoms with Gasteiger partial charge in [-0.1, -0.05) is 24.3 Å². The third kappa shape index (κ3) is 1.77. The molecule has 0 spiro atoms. The molecule has 1 heterocycles. The summed E-state index contributed by atoms with van der Waals surface area (Å²) in [6.45, 7) is 0.732. The number of aryl methyl sites for hydroxylation is 1. The first-order chi connectivity index (χ1) is 8.31. The molecule has 1 aromatic carbocycles. The number of hydrogen-bond donors (Lipinski definition) is 1. The summed E-state index contributed by atoms with van der Waals surface area (Å²) >= 11 is 0. The maximum Gasteiger partial charge on any atom is 0.146 e. The van der Waals surface area contributed by atoms with E-state index in [0.717, 1.165) is 50.0 Å². The summed E-state index contributed by atoms with van der Waals surface area (Å²) in [5, 5.41) is 11.0. The molecular formula is C15H18O2. The van der Waals surface area contributed by atoms with Crippen LogP contribution in [0.15, 0.2) is 36.1 Å². The van der Waals surface area contributed by atoms with Crippen LogP contribution in [0.1, 0.15) is 36.8 Å². The number of allylic oxidation sites excluding steroid dienone is 1. The molecule has 1 aromatic rings. The highest BCUT2D eigenvalue weighted by Crippen LogP contribution is 2.41. The van der Waals surface area contributed by atoms with Gasteiger partial charge in [0.2, 0.25) is 0 Å². The number of aliphatic hydroxyl groups is 1. The Kier molecular flexibility index (Phi) is 2.67. The molecule has 0 fully saturated rings. The Morgan fingerprint density at radius 1 is 1.18 bits per heavy atom. The highest BCUT2D eigenvalue weighted by molar-refractivity contribution is 5.39. The fourth-order valence-corrected chi connectivity index (χ4v) is 2.91. The minimum atomic E-state index is -0.880. The van der Waals surface area contributed by atoms with E-state index in [9.17, 15) is 5.11 Å². The lowest BCUT2D eigenvalue weighted by Gasteiger charge is -2.37. The zero-order valence-corrected chi connectivity index (χ0v) is 9.98. The first-order valence-electron chi connectivity index (χ1n) is 6.45. The van der Waals surface area contributed by atoms with Crippen LogP contribution < -0.4 is 0 Å². The molecule has 1 aliphatic heterocycles. The molecule has 2 heteroatoms. The van der Waals surface area contributed by atoms with Crippen molar-refractivity contribution >= 4 is 0 Å². The number of rotatable bonds is 1. The van der Waals surface area contributed by atoms with Crippen molar-refractivity contribution in [3.8, 4) is 0 Å². The minimum Gasteiger partial charge on any atom is -0.495 e. The molecule has 0 bridgehead atoms. The Labute approximate surface area is 102 Å². The second kappa shape index (κ2) is 4.19. The second-order valence-electron chi connectivity index (χ2n) is 4.93. The molecule has 17 heavy (non-hydrogen) atoms. The van der Waals surface area contributed by atoms with Crippen molar-refractivity contribution in [3.63, 3.8) is 0 Å². The van der Waals surface area contributed by atoms with E-state index in [4.69, 9.17) is 4.74 Å². The van der Waals surface area contributed by atoms with Gasteiger partial charge in [0.25, 0.3) is 0 Å². The zero-order chi connectivity index (χ0) is 11.7. The van der Waals surface area contributed by atoms with Crippen LogP contribution in [0.2, 0.25) is 0 Å². The number of fused-ring (bicyclic) bond motifs is 1. The van der Waals surface area contributed by atoms with Gasteiger partial charge < -0.3 is 9.84 Å². The van der Waals surface area contributed by atoms with Crippen molar-refractivity contribution in [2.45, 2.75) is 37.7 Å². The van der Waals surface area contributed by atoms with E-state index in [1.165, 1.54) is 5.56 Å². The van der Waals surface area contributed by atoms with E-state index in [1.807, 2.05) is 18.2 Å². The summed E-state index contributed by atoms with van der Waals surface area (Å²) in [7, 11) is 0. The lowest BCUT2D eigenvalue weighted by Crippen LogP contribution is -2.34. The standard InChI is InChI=1S/C15H18O2/c16-15(14-9-3-4-11-17-14)10-5-7-12-6-1-2-8-13(12)15/h1-2,6,8-9,16H,3-5,7,10-11H2. The summed E-state index contributed by atoms with van der Waals surface area (Å²) in [5.41, 5.74) is 1.42. The molecule has 0 aromatic heterocycles. The molecule has 2 aliphatic rings. The second-order valence-corrected chi connectivity index (χ2v) is 4.93. The SMILES string of the molecule is OC1(C2=CCCCO2)CCCc2ccccc21. The van der Waals surface area contributed by atoms with E-state index in [2.05, 4.69) is 12.1 Å². The highest BCUT2D eigenvalue weighted by Gasteiger charge is 2.39. The van der Waals surface area contributed by atoms with Gasteiger partial charge in [0.1, 0.15) is 11.4 Å². The summed E-state index contributed by atoms with van der Waals surface area (Å²) in [4.78, 5) is 0. The first-order valence-corrected chi connectivity index (χ1v) is 6.45. The molecule has 1 aliphatic carbocycles. The van der Waals surface area contributed by atoms with Gasteiger partial charge in [0.05, 0.1) is 6.61 Å². The Hall–Kier alpha value is -1.28. The minimum absolute atomic E-state index is 0.732. The van der Waals surface area contributed by atoms with Crippen molar-refractivity contribution in [1.82, 2.24) is 0 Å². The Balaban J connectivity index is 2.05. The van der Waals surface area contributed by atoms with Crippen LogP contribution in [0.5, 0.6) is 0 Å². The van der Waals surface area contributed by atoms with E-state index in [1.54, 1.807) is 0 Å². The van der Waals surface area contributed by atoms with Crippen LogP contribution in [-0.4, -0.2) is 11.7 Å². The monoisotopic (exact) mass is 230 g/mol. The number of hydrogen-bond acceptors (Lipinski definition) is 2. The first kappa shape index (κ1) is 10.8. The van der Waals surface area contributed by atoms with Crippen LogP contribution in [0.25, 0.3) is 0 Å². The predicted octanol–water partition coefficient (Wildman–Crippen LogP) is 2.90. The Bertz CT molecular complexity index is 450. The molecule has 0 amide bonds. The van der Waals surface area contributed by atoms with Crippen LogP contribution in [0, 0.1) is 0 Å². The zero-order valence-electron chi connectivity index (χ0n) is 9.98. The van der Waals surface area contributed by atoms with Crippen molar-refractivity contribution in [2.75, 3.05) is 6.61 Å². The van der Waals surface area contributed by atoms with Gasteiger partial charge >= 0.3 is 0 Å². The third-order valence-electron chi connectivity index (χ3n) is 3.79. The van der Waals surface area contributed by atoms with E-state index in [-0.39, 0.29) is 0 Å². The van der Waals surface area contributed by atoms with Crippen LogP contribution >= 0.6 is 0 Å². The van der Waals surface area contributed by atoms with E-state index in [0.29, 0.717) is 0 Å². The molecule has 3 rings (SSSR count). The lowest BCUT2D eigenvalue weighted by molar-refractivity contribution is -0.0123. The normalized spacial score (nSPS) is 27.9. The summed E-state index contributed by atoms with van der Waals surface area (Å²) in [6, 6.07) is 8.19. The average molecular weight is 230 g/mol. The van der Waals surface area contributed by atoms with Crippen molar-refractivity contribution < 1.29 is 9.84 Å². The van der Waals surface area contributed by atoms with Gasteiger partial charge in [0.15, 0.2) is 0 Å². The van der Waals surface area contributed by atoms with E-state index >= 15 is 0 Å². The molecule has 1 N–H and O–H groups in total. The lowest BCUT2D eigenvalue weighted by atomic mass is 9.77. The predicted molar refractivity (Wildman–Crippen MR) is 66.5 cm³/mol. The Morgan fingerprint density at radius 3 is 2.88 bits per heavy atom. The topological polar surface area (TPSA) is 29.5 Å². The molecule has 2 nitrogen and oxygen atoms in total.